The molecule has 1 fully saturated rings. The van der Waals surface area contributed by atoms with Crippen LogP contribution in [0.25, 0.3) is 16.6 Å². The van der Waals surface area contributed by atoms with Gasteiger partial charge in [0.05, 0.1) is 17.5 Å². The Labute approximate surface area is 152 Å². The summed E-state index contributed by atoms with van der Waals surface area (Å²) in [7, 11) is 0. The summed E-state index contributed by atoms with van der Waals surface area (Å²) in [5.74, 6) is 1.51. The molecule has 0 bridgehead atoms. The Kier molecular flexibility index (Phi) is 4.56. The van der Waals surface area contributed by atoms with Crippen molar-refractivity contribution in [3.8, 4) is 11.4 Å². The van der Waals surface area contributed by atoms with Crippen molar-refractivity contribution in [1.29, 1.82) is 0 Å². The number of benzene rings is 1. The number of fused-ring (bicyclic) bond motifs is 1. The van der Waals surface area contributed by atoms with Crippen LogP contribution in [0.2, 0.25) is 0 Å². The van der Waals surface area contributed by atoms with Crippen LogP contribution >= 0.6 is 0 Å². The first-order chi connectivity index (χ1) is 12.8. The van der Waals surface area contributed by atoms with E-state index in [1.54, 1.807) is 17.0 Å². The van der Waals surface area contributed by atoms with Crippen LogP contribution in [0.1, 0.15) is 26.2 Å². The minimum absolute atomic E-state index is 0.114. The molecule has 2 aromatic heterocycles. The van der Waals surface area contributed by atoms with Crippen molar-refractivity contribution < 1.29 is 4.74 Å². The summed E-state index contributed by atoms with van der Waals surface area (Å²) in [4.78, 5) is 24.1. The van der Waals surface area contributed by atoms with Crippen LogP contribution in [-0.2, 0) is 0 Å². The molecular formula is C20H22N4O2. The number of rotatable bonds is 4. The third kappa shape index (κ3) is 3.14. The van der Waals surface area contributed by atoms with Crippen molar-refractivity contribution >= 4 is 16.9 Å². The minimum atomic E-state index is -0.114. The smallest absolute Gasteiger partial charge is 0.266 e. The molecule has 0 radical (unpaired) electrons. The molecule has 4 rings (SSSR count). The van der Waals surface area contributed by atoms with E-state index in [1.165, 1.54) is 19.3 Å². The number of anilines is 1. The van der Waals surface area contributed by atoms with Gasteiger partial charge in [0, 0.05) is 31.2 Å². The summed E-state index contributed by atoms with van der Waals surface area (Å²) in [5.41, 5.74) is 1.37. The standard InChI is InChI=1S/C20H22N4O2/c1-2-26-16-8-6-15(7-9-16)24-13-10-18-17(19(24)25)14-21-20(22-18)23-11-4-3-5-12-23/h6-10,13-14H,2-5,11-12H2,1H3. The van der Waals surface area contributed by atoms with Gasteiger partial charge in [-0.25, -0.2) is 9.97 Å². The Bertz CT molecular complexity index is 960. The van der Waals surface area contributed by atoms with Gasteiger partial charge in [0.2, 0.25) is 5.95 Å². The maximum absolute atomic E-state index is 12.9. The quantitative estimate of drug-likeness (QED) is 0.723. The van der Waals surface area contributed by atoms with Gasteiger partial charge in [0.15, 0.2) is 0 Å². The van der Waals surface area contributed by atoms with Gasteiger partial charge in [-0.2, -0.15) is 0 Å². The van der Waals surface area contributed by atoms with E-state index in [2.05, 4.69) is 14.9 Å². The van der Waals surface area contributed by atoms with Crippen LogP contribution in [0.3, 0.4) is 0 Å². The van der Waals surface area contributed by atoms with E-state index < -0.39 is 0 Å². The molecule has 1 aliphatic rings. The van der Waals surface area contributed by atoms with Gasteiger partial charge < -0.3 is 9.64 Å². The van der Waals surface area contributed by atoms with E-state index in [0.717, 1.165) is 30.5 Å². The largest absolute Gasteiger partial charge is 0.494 e. The Morgan fingerprint density at radius 1 is 1.08 bits per heavy atom. The SMILES string of the molecule is CCOc1ccc(-n2ccc3nc(N4CCCCC4)ncc3c2=O)cc1. The molecular weight excluding hydrogens is 328 g/mol. The lowest BCUT2D eigenvalue weighted by Crippen LogP contribution is -2.31. The highest BCUT2D eigenvalue weighted by Crippen LogP contribution is 2.19. The molecule has 134 valence electrons. The van der Waals surface area contributed by atoms with Gasteiger partial charge in [0.25, 0.3) is 5.56 Å². The van der Waals surface area contributed by atoms with Crippen molar-refractivity contribution in [3.05, 3.63) is 53.1 Å². The number of hydrogen-bond acceptors (Lipinski definition) is 5. The predicted molar refractivity (Wildman–Crippen MR) is 102 cm³/mol. The van der Waals surface area contributed by atoms with Crippen molar-refractivity contribution in [1.82, 2.24) is 14.5 Å². The molecule has 3 heterocycles. The zero-order chi connectivity index (χ0) is 17.9. The van der Waals surface area contributed by atoms with Crippen LogP contribution in [0.5, 0.6) is 5.75 Å². The van der Waals surface area contributed by atoms with Gasteiger partial charge in [-0.15, -0.1) is 0 Å². The fraction of sp³-hybridized carbons (Fsp3) is 0.350. The summed E-state index contributed by atoms with van der Waals surface area (Å²) in [5, 5.41) is 0.530. The Morgan fingerprint density at radius 3 is 2.58 bits per heavy atom. The molecule has 0 unspecified atom stereocenters. The average Bonchev–Trinajstić information content (AvgIpc) is 2.70. The Balaban J connectivity index is 1.69. The highest BCUT2D eigenvalue weighted by molar-refractivity contribution is 5.78. The molecule has 0 spiro atoms. The molecule has 1 aliphatic heterocycles. The molecule has 0 aliphatic carbocycles. The molecule has 0 N–H and O–H groups in total. The fourth-order valence-electron chi connectivity index (χ4n) is 3.34. The molecule has 3 aromatic rings. The number of nitrogens with zero attached hydrogens (tertiary/aromatic N) is 4. The maximum atomic E-state index is 12.9. The average molecular weight is 350 g/mol. The molecule has 6 heteroatoms. The second kappa shape index (κ2) is 7.15. The number of hydrogen-bond donors (Lipinski definition) is 0. The van der Waals surface area contributed by atoms with E-state index in [4.69, 9.17) is 4.74 Å². The van der Waals surface area contributed by atoms with Crippen molar-refractivity contribution in [2.75, 3.05) is 24.6 Å². The first-order valence-corrected chi connectivity index (χ1v) is 9.13. The number of piperidine rings is 1. The molecule has 0 saturated carbocycles. The van der Waals surface area contributed by atoms with E-state index in [9.17, 15) is 4.79 Å². The third-order valence-electron chi connectivity index (χ3n) is 4.70. The first-order valence-electron chi connectivity index (χ1n) is 9.13. The lowest BCUT2D eigenvalue weighted by atomic mass is 10.1. The van der Waals surface area contributed by atoms with Crippen molar-refractivity contribution in [3.63, 3.8) is 0 Å². The summed E-state index contributed by atoms with van der Waals surface area (Å²) in [6, 6.07) is 9.36. The van der Waals surface area contributed by atoms with Crippen LogP contribution in [0.4, 0.5) is 5.95 Å². The van der Waals surface area contributed by atoms with Crippen LogP contribution in [-0.4, -0.2) is 34.2 Å². The monoisotopic (exact) mass is 350 g/mol. The highest BCUT2D eigenvalue weighted by atomic mass is 16.5. The second-order valence-corrected chi connectivity index (χ2v) is 6.43. The number of pyridine rings is 1. The van der Waals surface area contributed by atoms with Gasteiger partial charge in [-0.1, -0.05) is 0 Å². The van der Waals surface area contributed by atoms with Gasteiger partial charge >= 0.3 is 0 Å². The number of aromatic nitrogens is 3. The molecule has 1 aromatic carbocycles. The second-order valence-electron chi connectivity index (χ2n) is 6.43. The Hall–Kier alpha value is -2.89. The summed E-state index contributed by atoms with van der Waals surface area (Å²) < 4.78 is 7.07. The fourth-order valence-corrected chi connectivity index (χ4v) is 3.34. The van der Waals surface area contributed by atoms with Gasteiger partial charge in [0.1, 0.15) is 5.75 Å². The minimum Gasteiger partial charge on any atom is -0.494 e. The van der Waals surface area contributed by atoms with Gasteiger partial charge in [-0.3, -0.25) is 9.36 Å². The molecule has 0 atom stereocenters. The molecule has 1 saturated heterocycles. The van der Waals surface area contributed by atoms with Crippen LogP contribution in [0, 0.1) is 0 Å². The van der Waals surface area contributed by atoms with Crippen LogP contribution in [0.15, 0.2) is 47.5 Å². The van der Waals surface area contributed by atoms with Crippen molar-refractivity contribution in [2.24, 2.45) is 0 Å². The zero-order valence-electron chi connectivity index (χ0n) is 14.9. The van der Waals surface area contributed by atoms with Gasteiger partial charge in [-0.05, 0) is 56.5 Å². The van der Waals surface area contributed by atoms with E-state index >= 15 is 0 Å². The number of ether oxygens (including phenoxy) is 1. The molecule has 0 amide bonds. The topological polar surface area (TPSA) is 60.2 Å². The van der Waals surface area contributed by atoms with E-state index in [1.807, 2.05) is 37.3 Å². The lowest BCUT2D eigenvalue weighted by molar-refractivity contribution is 0.340. The normalized spacial score (nSPS) is 14.6. The Morgan fingerprint density at radius 2 is 1.85 bits per heavy atom. The first kappa shape index (κ1) is 16.6. The molecule has 26 heavy (non-hydrogen) atoms. The maximum Gasteiger partial charge on any atom is 0.266 e. The predicted octanol–water partition coefficient (Wildman–Crippen LogP) is 3.17. The molecule has 6 nitrogen and oxygen atoms in total. The highest BCUT2D eigenvalue weighted by Gasteiger charge is 2.15. The van der Waals surface area contributed by atoms with E-state index in [-0.39, 0.29) is 5.56 Å². The van der Waals surface area contributed by atoms with Crippen LogP contribution < -0.4 is 15.2 Å². The summed E-state index contributed by atoms with van der Waals surface area (Å²) in [6.07, 6.45) is 7.02. The third-order valence-corrected chi connectivity index (χ3v) is 4.70. The summed E-state index contributed by atoms with van der Waals surface area (Å²) >= 11 is 0. The lowest BCUT2D eigenvalue weighted by Gasteiger charge is -2.26. The van der Waals surface area contributed by atoms with E-state index in [0.29, 0.717) is 17.5 Å². The van der Waals surface area contributed by atoms with Crippen molar-refractivity contribution in [2.45, 2.75) is 26.2 Å². The zero-order valence-corrected chi connectivity index (χ0v) is 14.9. The summed E-state index contributed by atoms with van der Waals surface area (Å²) in [6.45, 7) is 4.52.